The van der Waals surface area contributed by atoms with Gasteiger partial charge in [0.15, 0.2) is 0 Å². The van der Waals surface area contributed by atoms with Crippen LogP contribution in [0.3, 0.4) is 0 Å². The molecule has 0 radical (unpaired) electrons. The third-order valence-electron chi connectivity index (χ3n) is 3.01. The highest BCUT2D eigenvalue weighted by molar-refractivity contribution is 5.35. The molecule has 4 nitrogen and oxygen atoms in total. The first-order chi connectivity index (χ1) is 9.02. The lowest BCUT2D eigenvalue weighted by Gasteiger charge is -2.16. The number of hydrogen-bond acceptors (Lipinski definition) is 4. The smallest absolute Gasteiger partial charge is 0.122 e. The van der Waals surface area contributed by atoms with Gasteiger partial charge in [-0.15, -0.1) is 0 Å². The Morgan fingerprint density at radius 1 is 1.16 bits per heavy atom. The molecule has 0 saturated carbocycles. The second-order valence-corrected chi connectivity index (χ2v) is 4.95. The molecule has 108 valence electrons. The van der Waals surface area contributed by atoms with E-state index in [-0.39, 0.29) is 12.7 Å². The van der Waals surface area contributed by atoms with E-state index in [1.807, 2.05) is 39.0 Å². The highest BCUT2D eigenvalue weighted by atomic mass is 16.5. The van der Waals surface area contributed by atoms with Crippen LogP contribution in [-0.2, 0) is 0 Å². The Hall–Kier alpha value is -1.10. The average Bonchev–Trinajstić information content (AvgIpc) is 2.39. The van der Waals surface area contributed by atoms with Crippen LogP contribution >= 0.6 is 0 Å². The molecule has 1 rings (SSSR count). The van der Waals surface area contributed by atoms with Crippen molar-refractivity contribution in [1.82, 2.24) is 5.32 Å². The summed E-state index contributed by atoms with van der Waals surface area (Å²) in [6.45, 7) is 7.08. The highest BCUT2D eigenvalue weighted by Gasteiger charge is 2.08. The molecule has 2 atom stereocenters. The fraction of sp³-hybridized carbons (Fsp3) is 0.600. The van der Waals surface area contributed by atoms with Gasteiger partial charge in [0.1, 0.15) is 18.5 Å². The largest absolute Gasteiger partial charge is 0.491 e. The van der Waals surface area contributed by atoms with Gasteiger partial charge in [-0.3, -0.25) is 0 Å². The van der Waals surface area contributed by atoms with Crippen molar-refractivity contribution in [3.8, 4) is 5.75 Å². The van der Waals surface area contributed by atoms with Crippen molar-refractivity contribution in [3.05, 3.63) is 29.3 Å². The van der Waals surface area contributed by atoms with Crippen LogP contribution < -0.4 is 10.1 Å². The van der Waals surface area contributed by atoms with E-state index < -0.39 is 6.10 Å². The van der Waals surface area contributed by atoms with Crippen molar-refractivity contribution >= 4 is 0 Å². The zero-order valence-corrected chi connectivity index (χ0v) is 12.0. The molecule has 0 amide bonds. The van der Waals surface area contributed by atoms with E-state index in [1.165, 1.54) is 0 Å². The normalized spacial score (nSPS) is 14.2. The molecule has 0 bridgehead atoms. The molecule has 3 N–H and O–H groups in total. The molecule has 1 aromatic rings. The maximum atomic E-state index is 9.79. The highest BCUT2D eigenvalue weighted by Crippen LogP contribution is 2.19. The van der Waals surface area contributed by atoms with E-state index in [9.17, 15) is 10.2 Å². The van der Waals surface area contributed by atoms with Gasteiger partial charge in [-0.25, -0.2) is 0 Å². The van der Waals surface area contributed by atoms with Gasteiger partial charge in [-0.05, 0) is 37.5 Å². The lowest BCUT2D eigenvalue weighted by molar-refractivity contribution is 0.0988. The Morgan fingerprint density at radius 3 is 2.53 bits per heavy atom. The SMILES string of the molecule is CCC(O)CNCC(O)COc1cc(C)ccc1C. The number of aryl methyl sites for hydroxylation is 2. The minimum atomic E-state index is -0.580. The van der Waals surface area contributed by atoms with Gasteiger partial charge in [0.25, 0.3) is 0 Å². The van der Waals surface area contributed by atoms with Gasteiger partial charge in [0.2, 0.25) is 0 Å². The van der Waals surface area contributed by atoms with Crippen LogP contribution in [0.1, 0.15) is 24.5 Å². The van der Waals surface area contributed by atoms with Crippen molar-refractivity contribution in [3.63, 3.8) is 0 Å². The van der Waals surface area contributed by atoms with E-state index >= 15 is 0 Å². The first-order valence-electron chi connectivity index (χ1n) is 6.79. The summed E-state index contributed by atoms with van der Waals surface area (Å²) in [6.07, 6.45) is -0.224. The Bertz CT molecular complexity index is 382. The molecule has 0 heterocycles. The molecule has 0 aliphatic carbocycles. The summed E-state index contributed by atoms with van der Waals surface area (Å²) in [4.78, 5) is 0. The molecule has 4 heteroatoms. The Balaban J connectivity index is 2.29. The van der Waals surface area contributed by atoms with Crippen molar-refractivity contribution in [2.24, 2.45) is 0 Å². The van der Waals surface area contributed by atoms with Crippen LogP contribution in [-0.4, -0.2) is 42.1 Å². The van der Waals surface area contributed by atoms with Crippen LogP contribution in [0.4, 0.5) is 0 Å². The predicted octanol–water partition coefficient (Wildman–Crippen LogP) is 1.40. The van der Waals surface area contributed by atoms with Gasteiger partial charge in [-0.1, -0.05) is 19.1 Å². The van der Waals surface area contributed by atoms with E-state index in [1.54, 1.807) is 0 Å². The Kier molecular flexibility index (Phi) is 6.84. The first-order valence-corrected chi connectivity index (χ1v) is 6.79. The van der Waals surface area contributed by atoms with Crippen molar-refractivity contribution < 1.29 is 14.9 Å². The topological polar surface area (TPSA) is 61.7 Å². The third kappa shape index (κ3) is 6.05. The summed E-state index contributed by atoms with van der Waals surface area (Å²) < 4.78 is 5.61. The zero-order valence-electron chi connectivity index (χ0n) is 12.0. The van der Waals surface area contributed by atoms with Crippen molar-refractivity contribution in [2.45, 2.75) is 39.4 Å². The van der Waals surface area contributed by atoms with Crippen LogP contribution in [0.2, 0.25) is 0 Å². The number of aliphatic hydroxyl groups is 2. The molecule has 2 unspecified atom stereocenters. The third-order valence-corrected chi connectivity index (χ3v) is 3.01. The second-order valence-electron chi connectivity index (χ2n) is 4.95. The van der Waals surface area contributed by atoms with Gasteiger partial charge in [0.05, 0.1) is 6.10 Å². The molecular weight excluding hydrogens is 242 g/mol. The number of hydrogen-bond donors (Lipinski definition) is 3. The van der Waals surface area contributed by atoms with E-state index in [4.69, 9.17) is 4.74 Å². The fourth-order valence-corrected chi connectivity index (χ4v) is 1.67. The monoisotopic (exact) mass is 267 g/mol. The average molecular weight is 267 g/mol. The lowest BCUT2D eigenvalue weighted by Crippen LogP contribution is -2.35. The lowest BCUT2D eigenvalue weighted by atomic mass is 10.1. The summed E-state index contributed by atoms with van der Waals surface area (Å²) in [5.74, 6) is 0.813. The minimum Gasteiger partial charge on any atom is -0.491 e. The van der Waals surface area contributed by atoms with Crippen LogP contribution in [0.15, 0.2) is 18.2 Å². The molecule has 0 fully saturated rings. The molecule has 0 aliphatic heterocycles. The maximum Gasteiger partial charge on any atom is 0.122 e. The second kappa shape index (κ2) is 8.15. The summed E-state index contributed by atoms with van der Waals surface area (Å²) >= 11 is 0. The first kappa shape index (κ1) is 16.0. The Labute approximate surface area is 115 Å². The maximum absolute atomic E-state index is 9.79. The summed E-state index contributed by atoms with van der Waals surface area (Å²) in [5, 5.41) is 22.2. The van der Waals surface area contributed by atoms with E-state index in [0.29, 0.717) is 19.5 Å². The van der Waals surface area contributed by atoms with Gasteiger partial charge < -0.3 is 20.3 Å². The van der Waals surface area contributed by atoms with Gasteiger partial charge in [-0.2, -0.15) is 0 Å². The molecule has 0 aromatic heterocycles. The molecule has 0 aliphatic rings. The number of benzene rings is 1. The zero-order chi connectivity index (χ0) is 14.3. The number of ether oxygens (including phenoxy) is 1. The standard InChI is InChI=1S/C15H25NO3/c1-4-13(17)8-16-9-14(18)10-19-15-7-11(2)5-6-12(15)3/h5-7,13-14,16-18H,4,8-10H2,1-3H3. The van der Waals surface area contributed by atoms with Gasteiger partial charge in [0, 0.05) is 13.1 Å². The van der Waals surface area contributed by atoms with Crippen LogP contribution in [0.25, 0.3) is 0 Å². The number of aliphatic hydroxyl groups excluding tert-OH is 2. The quantitative estimate of drug-likeness (QED) is 0.666. The Morgan fingerprint density at radius 2 is 1.84 bits per heavy atom. The predicted molar refractivity (Wildman–Crippen MR) is 76.6 cm³/mol. The van der Waals surface area contributed by atoms with Crippen LogP contribution in [0.5, 0.6) is 5.75 Å². The molecular formula is C15H25NO3. The van der Waals surface area contributed by atoms with E-state index in [0.717, 1.165) is 16.9 Å². The summed E-state index contributed by atoms with van der Waals surface area (Å²) in [5.41, 5.74) is 2.20. The minimum absolute atomic E-state index is 0.250. The van der Waals surface area contributed by atoms with Crippen molar-refractivity contribution in [2.75, 3.05) is 19.7 Å². The van der Waals surface area contributed by atoms with E-state index in [2.05, 4.69) is 5.32 Å². The van der Waals surface area contributed by atoms with Crippen LogP contribution in [0, 0.1) is 13.8 Å². The van der Waals surface area contributed by atoms with Crippen molar-refractivity contribution in [1.29, 1.82) is 0 Å². The molecule has 19 heavy (non-hydrogen) atoms. The van der Waals surface area contributed by atoms with Gasteiger partial charge >= 0.3 is 0 Å². The summed E-state index contributed by atoms with van der Waals surface area (Å²) in [7, 11) is 0. The molecule has 0 spiro atoms. The fourth-order valence-electron chi connectivity index (χ4n) is 1.67. The summed E-state index contributed by atoms with van der Waals surface area (Å²) in [6, 6.07) is 6.01. The number of rotatable bonds is 8. The number of nitrogens with one attached hydrogen (secondary N) is 1. The molecule has 0 saturated heterocycles. The molecule has 1 aromatic carbocycles.